The Morgan fingerprint density at radius 2 is 1.85 bits per heavy atom. The molecule has 0 aromatic heterocycles. The minimum atomic E-state index is -3.58. The maximum absolute atomic E-state index is 12.7. The van der Waals surface area contributed by atoms with Crippen molar-refractivity contribution in [3.8, 4) is 0 Å². The van der Waals surface area contributed by atoms with Crippen LogP contribution in [-0.2, 0) is 14.8 Å². The van der Waals surface area contributed by atoms with E-state index >= 15 is 0 Å². The molecule has 0 saturated carbocycles. The Kier molecular flexibility index (Phi) is 6.83. The van der Waals surface area contributed by atoms with Crippen molar-refractivity contribution < 1.29 is 23.1 Å². The topological polar surface area (TPSA) is 116 Å². The average molecular weight is 397 g/mol. The first-order valence-electron chi connectivity index (χ1n) is 9.01. The van der Waals surface area contributed by atoms with Gasteiger partial charge >= 0.3 is 12.0 Å². The molecule has 1 fully saturated rings. The summed E-state index contributed by atoms with van der Waals surface area (Å²) in [4.78, 5) is 23.0. The molecule has 0 spiro atoms. The van der Waals surface area contributed by atoms with Crippen LogP contribution in [0.1, 0.15) is 46.0 Å². The van der Waals surface area contributed by atoms with Crippen LogP contribution in [0.5, 0.6) is 0 Å². The first-order chi connectivity index (χ1) is 12.6. The van der Waals surface area contributed by atoms with Crippen LogP contribution < -0.4 is 10.6 Å². The highest BCUT2D eigenvalue weighted by Crippen LogP contribution is 2.23. The summed E-state index contributed by atoms with van der Waals surface area (Å²) in [5.74, 6) is -0.930. The van der Waals surface area contributed by atoms with Gasteiger partial charge in [-0.2, -0.15) is 4.31 Å². The maximum Gasteiger partial charge on any atom is 0.319 e. The lowest BCUT2D eigenvalue weighted by Crippen LogP contribution is -2.45. The van der Waals surface area contributed by atoms with E-state index in [9.17, 15) is 18.0 Å². The minimum Gasteiger partial charge on any atom is -0.481 e. The molecule has 1 aliphatic heterocycles. The predicted octanol–water partition coefficient (Wildman–Crippen LogP) is 2.63. The van der Waals surface area contributed by atoms with E-state index < -0.39 is 27.6 Å². The largest absolute Gasteiger partial charge is 0.481 e. The van der Waals surface area contributed by atoms with Crippen molar-refractivity contribution in [3.05, 3.63) is 24.3 Å². The summed E-state index contributed by atoms with van der Waals surface area (Å²) in [5.41, 5.74) is -0.348. The zero-order valence-electron chi connectivity index (χ0n) is 15.7. The van der Waals surface area contributed by atoms with E-state index in [0.717, 1.165) is 19.3 Å². The Labute approximate surface area is 160 Å². The lowest BCUT2D eigenvalue weighted by atomic mass is 9.99. The summed E-state index contributed by atoms with van der Waals surface area (Å²) in [6, 6.07) is 5.64. The van der Waals surface area contributed by atoms with Crippen molar-refractivity contribution in [2.24, 2.45) is 0 Å². The molecule has 9 heteroatoms. The van der Waals surface area contributed by atoms with Gasteiger partial charge in [0.25, 0.3) is 0 Å². The molecule has 1 aliphatic rings. The number of nitrogens with zero attached hydrogens (tertiary/aromatic N) is 1. The normalized spacial score (nSPS) is 15.9. The third-order valence-corrected chi connectivity index (χ3v) is 6.36. The number of sulfonamides is 1. The maximum atomic E-state index is 12.7. The van der Waals surface area contributed by atoms with E-state index in [1.54, 1.807) is 26.0 Å². The van der Waals surface area contributed by atoms with Crippen LogP contribution in [0.2, 0.25) is 0 Å². The second-order valence-electron chi connectivity index (χ2n) is 7.35. The fraction of sp³-hybridized carbons (Fsp3) is 0.556. The number of carbonyl (C=O) groups is 2. The minimum absolute atomic E-state index is 0.0587. The van der Waals surface area contributed by atoms with Gasteiger partial charge in [0, 0.05) is 30.7 Å². The number of nitrogens with one attached hydrogen (secondary N) is 2. The zero-order valence-corrected chi connectivity index (χ0v) is 16.5. The number of urea groups is 1. The molecule has 8 nitrogen and oxygen atoms in total. The smallest absolute Gasteiger partial charge is 0.319 e. The summed E-state index contributed by atoms with van der Waals surface area (Å²) < 4.78 is 27.0. The quantitative estimate of drug-likeness (QED) is 0.654. The van der Waals surface area contributed by atoms with E-state index in [-0.39, 0.29) is 17.7 Å². The van der Waals surface area contributed by atoms with Gasteiger partial charge in [-0.3, -0.25) is 4.79 Å². The third kappa shape index (κ3) is 6.21. The van der Waals surface area contributed by atoms with Gasteiger partial charge in [-0.1, -0.05) is 12.5 Å². The number of anilines is 1. The van der Waals surface area contributed by atoms with E-state index in [1.165, 1.54) is 16.4 Å². The number of carboxylic acid groups (broad SMARTS) is 1. The molecule has 0 radical (unpaired) electrons. The molecule has 27 heavy (non-hydrogen) atoms. The molecule has 0 unspecified atom stereocenters. The molecule has 0 bridgehead atoms. The van der Waals surface area contributed by atoms with Crippen LogP contribution in [-0.4, -0.2) is 48.5 Å². The predicted molar refractivity (Wildman–Crippen MR) is 102 cm³/mol. The number of rotatable bonds is 7. The van der Waals surface area contributed by atoms with Crippen LogP contribution in [0.3, 0.4) is 0 Å². The number of carbonyl (C=O) groups excluding carboxylic acids is 1. The first-order valence-corrected chi connectivity index (χ1v) is 10.5. The molecule has 0 atom stereocenters. The highest BCUT2D eigenvalue weighted by atomic mass is 32.2. The third-order valence-electron chi connectivity index (χ3n) is 4.46. The highest BCUT2D eigenvalue weighted by molar-refractivity contribution is 7.89. The second kappa shape index (κ2) is 8.71. The van der Waals surface area contributed by atoms with E-state index in [4.69, 9.17) is 5.11 Å². The monoisotopic (exact) mass is 397 g/mol. The van der Waals surface area contributed by atoms with Crippen molar-refractivity contribution in [1.29, 1.82) is 0 Å². The molecule has 1 aromatic rings. The SMILES string of the molecule is CC(C)(CCC(=O)O)NC(=O)Nc1cccc(S(=O)(=O)N2CCCCC2)c1. The average Bonchev–Trinajstić information content (AvgIpc) is 2.60. The molecule has 0 aliphatic carbocycles. The molecular formula is C18H27N3O5S. The number of hydrogen-bond donors (Lipinski definition) is 3. The van der Waals surface area contributed by atoms with Crippen molar-refractivity contribution >= 4 is 27.7 Å². The van der Waals surface area contributed by atoms with Crippen molar-refractivity contribution in [3.63, 3.8) is 0 Å². The number of benzene rings is 1. The highest BCUT2D eigenvalue weighted by Gasteiger charge is 2.26. The molecule has 2 rings (SSSR count). The number of piperidine rings is 1. The van der Waals surface area contributed by atoms with Crippen LogP contribution in [0.25, 0.3) is 0 Å². The van der Waals surface area contributed by atoms with E-state index in [2.05, 4.69) is 10.6 Å². The molecule has 1 aromatic carbocycles. The zero-order chi connectivity index (χ0) is 20.1. The Hall–Kier alpha value is -2.13. The first kappa shape index (κ1) is 21.2. The summed E-state index contributed by atoms with van der Waals surface area (Å²) in [6.45, 7) is 4.48. The van der Waals surface area contributed by atoms with Crippen molar-refractivity contribution in [2.45, 2.75) is 56.4 Å². The number of carboxylic acids is 1. The van der Waals surface area contributed by atoms with Crippen LogP contribution in [0.15, 0.2) is 29.2 Å². The summed E-state index contributed by atoms with van der Waals surface area (Å²) >= 11 is 0. The molecule has 2 amide bonds. The van der Waals surface area contributed by atoms with Crippen LogP contribution >= 0.6 is 0 Å². The van der Waals surface area contributed by atoms with Gasteiger partial charge in [-0.25, -0.2) is 13.2 Å². The molecule has 1 saturated heterocycles. The molecule has 1 heterocycles. The lowest BCUT2D eigenvalue weighted by Gasteiger charge is -2.26. The van der Waals surface area contributed by atoms with E-state index in [1.807, 2.05) is 0 Å². The van der Waals surface area contributed by atoms with Gasteiger partial charge in [-0.15, -0.1) is 0 Å². The van der Waals surface area contributed by atoms with Gasteiger partial charge in [0.2, 0.25) is 10.0 Å². The Bertz CT molecular complexity index is 786. The fourth-order valence-corrected chi connectivity index (χ4v) is 4.50. The number of aliphatic carboxylic acids is 1. The van der Waals surface area contributed by atoms with Crippen molar-refractivity contribution in [1.82, 2.24) is 9.62 Å². The summed E-state index contributed by atoms with van der Waals surface area (Å²) in [5, 5.41) is 14.1. The van der Waals surface area contributed by atoms with Gasteiger partial charge < -0.3 is 15.7 Å². The summed E-state index contributed by atoms with van der Waals surface area (Å²) in [6.07, 6.45) is 2.96. The Morgan fingerprint density at radius 1 is 1.19 bits per heavy atom. The van der Waals surface area contributed by atoms with Gasteiger partial charge in [0.15, 0.2) is 0 Å². The van der Waals surface area contributed by atoms with Gasteiger partial charge in [0.1, 0.15) is 0 Å². The molecule has 3 N–H and O–H groups in total. The van der Waals surface area contributed by atoms with Crippen LogP contribution in [0.4, 0.5) is 10.5 Å². The molecule has 150 valence electrons. The second-order valence-corrected chi connectivity index (χ2v) is 9.29. The summed E-state index contributed by atoms with van der Waals surface area (Å²) in [7, 11) is -3.58. The van der Waals surface area contributed by atoms with E-state index in [0.29, 0.717) is 18.8 Å². The van der Waals surface area contributed by atoms with Gasteiger partial charge in [0.05, 0.1) is 4.90 Å². The number of hydrogen-bond acceptors (Lipinski definition) is 4. The van der Waals surface area contributed by atoms with Crippen molar-refractivity contribution in [2.75, 3.05) is 18.4 Å². The lowest BCUT2D eigenvalue weighted by molar-refractivity contribution is -0.137. The Balaban J connectivity index is 2.04. The van der Waals surface area contributed by atoms with Crippen LogP contribution in [0, 0.1) is 0 Å². The number of amides is 2. The Morgan fingerprint density at radius 3 is 2.48 bits per heavy atom. The standard InChI is InChI=1S/C18H27N3O5S/c1-18(2,10-9-16(22)23)20-17(24)19-14-7-6-8-15(13-14)27(25,26)21-11-4-3-5-12-21/h6-8,13H,3-5,9-12H2,1-2H3,(H,22,23)(H2,19,20,24). The van der Waals surface area contributed by atoms with Gasteiger partial charge in [-0.05, 0) is 51.3 Å². The molecular weight excluding hydrogens is 370 g/mol. The fourth-order valence-electron chi connectivity index (χ4n) is 2.94.